The van der Waals surface area contributed by atoms with E-state index in [1.165, 1.54) is 0 Å². The molecule has 0 radical (unpaired) electrons. The number of halogens is 1. The Bertz CT molecular complexity index is 184. The van der Waals surface area contributed by atoms with Crippen molar-refractivity contribution in [2.75, 3.05) is 0 Å². The van der Waals surface area contributed by atoms with Crippen molar-refractivity contribution in [3.05, 3.63) is 18.2 Å². The highest BCUT2D eigenvalue weighted by molar-refractivity contribution is 14.1. The van der Waals surface area contributed by atoms with Crippen molar-refractivity contribution in [3.63, 3.8) is 0 Å². The summed E-state index contributed by atoms with van der Waals surface area (Å²) in [4.78, 5) is 4.10. The molecule has 0 unspecified atom stereocenters. The standard InChI is InChI=1S/C5H8IN3/c1-9-3-5(2-8-6)7-4-9/h3-4,8H,2H2,1H3. The Labute approximate surface area is 68.0 Å². The predicted octanol–water partition coefficient (Wildman–Crippen LogP) is 0.860. The highest BCUT2D eigenvalue weighted by Gasteiger charge is 1.91. The Morgan fingerprint density at radius 3 is 3.11 bits per heavy atom. The molecule has 1 aromatic rings. The SMILES string of the molecule is Cn1cnc(CNI)c1. The van der Waals surface area contributed by atoms with Gasteiger partial charge < -0.3 is 4.57 Å². The number of aromatic nitrogens is 2. The zero-order chi connectivity index (χ0) is 6.69. The van der Waals surface area contributed by atoms with E-state index in [9.17, 15) is 0 Å². The van der Waals surface area contributed by atoms with Crippen molar-refractivity contribution in [1.29, 1.82) is 0 Å². The molecule has 0 amide bonds. The van der Waals surface area contributed by atoms with E-state index in [1.54, 1.807) is 6.33 Å². The Morgan fingerprint density at radius 2 is 2.67 bits per heavy atom. The predicted molar refractivity (Wildman–Crippen MR) is 44.1 cm³/mol. The highest BCUT2D eigenvalue weighted by atomic mass is 127. The molecule has 0 aliphatic rings. The molecule has 0 spiro atoms. The summed E-state index contributed by atoms with van der Waals surface area (Å²) in [5.41, 5.74) is 1.08. The van der Waals surface area contributed by atoms with Gasteiger partial charge in [0.05, 0.1) is 12.0 Å². The highest BCUT2D eigenvalue weighted by Crippen LogP contribution is 1.93. The van der Waals surface area contributed by atoms with Crippen molar-refractivity contribution >= 4 is 22.9 Å². The van der Waals surface area contributed by atoms with Crippen LogP contribution in [0.1, 0.15) is 5.69 Å². The normalized spacial score (nSPS) is 10.0. The van der Waals surface area contributed by atoms with Crippen molar-refractivity contribution in [2.45, 2.75) is 6.54 Å². The second kappa shape index (κ2) is 3.17. The summed E-state index contributed by atoms with van der Waals surface area (Å²) >= 11 is 2.10. The van der Waals surface area contributed by atoms with Gasteiger partial charge >= 0.3 is 0 Å². The molecule has 0 saturated heterocycles. The molecule has 0 atom stereocenters. The van der Waals surface area contributed by atoms with Gasteiger partial charge in [0, 0.05) is 42.7 Å². The molecule has 0 aromatic carbocycles. The average molecular weight is 237 g/mol. The first-order chi connectivity index (χ1) is 4.33. The van der Waals surface area contributed by atoms with Crippen LogP contribution in [-0.2, 0) is 13.6 Å². The lowest BCUT2D eigenvalue weighted by atomic mass is 10.5. The van der Waals surface area contributed by atoms with Gasteiger partial charge in [0.15, 0.2) is 0 Å². The molecule has 1 heterocycles. The molecule has 9 heavy (non-hydrogen) atoms. The third-order valence-corrected chi connectivity index (χ3v) is 1.39. The monoisotopic (exact) mass is 237 g/mol. The van der Waals surface area contributed by atoms with Crippen LogP contribution < -0.4 is 3.53 Å². The van der Waals surface area contributed by atoms with Gasteiger partial charge in [-0.1, -0.05) is 0 Å². The molecule has 0 aliphatic carbocycles. The van der Waals surface area contributed by atoms with Crippen LogP contribution in [0.5, 0.6) is 0 Å². The minimum absolute atomic E-state index is 0.835. The van der Waals surface area contributed by atoms with Crippen LogP contribution in [0, 0.1) is 0 Å². The second-order valence-electron chi connectivity index (χ2n) is 1.84. The first-order valence-corrected chi connectivity index (χ1v) is 3.71. The Balaban J connectivity index is 2.61. The summed E-state index contributed by atoms with van der Waals surface area (Å²) < 4.78 is 4.93. The molecule has 3 nitrogen and oxygen atoms in total. The van der Waals surface area contributed by atoms with Gasteiger partial charge in [0.25, 0.3) is 0 Å². The molecule has 1 rings (SSSR count). The van der Waals surface area contributed by atoms with Crippen molar-refractivity contribution in [2.24, 2.45) is 7.05 Å². The van der Waals surface area contributed by atoms with Gasteiger partial charge in [-0.25, -0.2) is 4.98 Å². The maximum absolute atomic E-state index is 4.10. The fraction of sp³-hybridized carbons (Fsp3) is 0.400. The number of imidazole rings is 1. The van der Waals surface area contributed by atoms with Gasteiger partial charge in [0.1, 0.15) is 0 Å². The van der Waals surface area contributed by atoms with Crippen LogP contribution in [0.3, 0.4) is 0 Å². The number of nitrogens with zero attached hydrogens (tertiary/aromatic N) is 2. The summed E-state index contributed by atoms with van der Waals surface area (Å²) in [6, 6.07) is 0. The minimum Gasteiger partial charge on any atom is -0.340 e. The molecular formula is C5H8IN3. The van der Waals surface area contributed by atoms with Gasteiger partial charge in [0.2, 0.25) is 0 Å². The minimum atomic E-state index is 0.835. The largest absolute Gasteiger partial charge is 0.340 e. The Hall–Kier alpha value is -0.100. The maximum Gasteiger partial charge on any atom is 0.0947 e. The molecule has 1 aromatic heterocycles. The molecular weight excluding hydrogens is 229 g/mol. The quantitative estimate of drug-likeness (QED) is 0.610. The van der Waals surface area contributed by atoms with Gasteiger partial charge in [-0.05, 0) is 0 Å². The third kappa shape index (κ3) is 1.94. The first kappa shape index (κ1) is 7.01. The summed E-state index contributed by atoms with van der Waals surface area (Å²) in [5.74, 6) is 0. The van der Waals surface area contributed by atoms with Gasteiger partial charge in [-0.15, -0.1) is 0 Å². The van der Waals surface area contributed by atoms with Crippen LogP contribution in [0.15, 0.2) is 12.5 Å². The zero-order valence-corrected chi connectivity index (χ0v) is 7.29. The van der Waals surface area contributed by atoms with E-state index < -0.39 is 0 Å². The van der Waals surface area contributed by atoms with Crippen LogP contribution >= 0.6 is 22.9 Å². The maximum atomic E-state index is 4.10. The van der Waals surface area contributed by atoms with E-state index in [2.05, 4.69) is 31.4 Å². The molecule has 0 fully saturated rings. The fourth-order valence-electron chi connectivity index (χ4n) is 0.627. The van der Waals surface area contributed by atoms with Crippen LogP contribution in [0.25, 0.3) is 0 Å². The number of hydrogen-bond donors (Lipinski definition) is 1. The van der Waals surface area contributed by atoms with Crippen molar-refractivity contribution in [1.82, 2.24) is 13.1 Å². The summed E-state index contributed by atoms with van der Waals surface area (Å²) in [5, 5.41) is 0. The summed E-state index contributed by atoms with van der Waals surface area (Å²) in [7, 11) is 1.96. The first-order valence-electron chi connectivity index (χ1n) is 2.63. The average Bonchev–Trinajstić information content (AvgIpc) is 2.17. The van der Waals surface area contributed by atoms with Gasteiger partial charge in [-0.2, -0.15) is 0 Å². The Kier molecular flexibility index (Phi) is 2.47. The summed E-state index contributed by atoms with van der Waals surface area (Å²) in [6.07, 6.45) is 3.79. The summed E-state index contributed by atoms with van der Waals surface area (Å²) in [6.45, 7) is 0.835. The lowest BCUT2D eigenvalue weighted by Gasteiger charge is -1.87. The number of hydrogen-bond acceptors (Lipinski definition) is 2. The number of nitrogens with one attached hydrogen (secondary N) is 1. The Morgan fingerprint density at radius 1 is 1.89 bits per heavy atom. The number of aryl methyl sites for hydroxylation is 1. The lowest BCUT2D eigenvalue weighted by molar-refractivity contribution is 0.909. The van der Waals surface area contributed by atoms with E-state index in [1.807, 2.05) is 17.8 Å². The van der Waals surface area contributed by atoms with Crippen molar-refractivity contribution in [3.8, 4) is 0 Å². The second-order valence-corrected chi connectivity index (χ2v) is 2.60. The molecule has 50 valence electrons. The fourth-order valence-corrected chi connectivity index (χ4v) is 1.02. The molecule has 4 heteroatoms. The molecule has 1 N–H and O–H groups in total. The smallest absolute Gasteiger partial charge is 0.0947 e. The van der Waals surface area contributed by atoms with E-state index >= 15 is 0 Å². The van der Waals surface area contributed by atoms with Crippen LogP contribution in [-0.4, -0.2) is 9.55 Å². The topological polar surface area (TPSA) is 29.9 Å². The number of rotatable bonds is 2. The zero-order valence-electron chi connectivity index (χ0n) is 5.13. The van der Waals surface area contributed by atoms with Gasteiger partial charge in [-0.3, -0.25) is 3.53 Å². The van der Waals surface area contributed by atoms with E-state index in [4.69, 9.17) is 0 Å². The van der Waals surface area contributed by atoms with E-state index in [0.717, 1.165) is 12.2 Å². The van der Waals surface area contributed by atoms with Crippen LogP contribution in [0.2, 0.25) is 0 Å². The third-order valence-electron chi connectivity index (χ3n) is 1.01. The molecule has 0 aliphatic heterocycles. The lowest BCUT2D eigenvalue weighted by Crippen LogP contribution is -1.96. The molecule has 0 bridgehead atoms. The van der Waals surface area contributed by atoms with Crippen molar-refractivity contribution < 1.29 is 0 Å². The van der Waals surface area contributed by atoms with E-state index in [0.29, 0.717) is 0 Å². The molecule has 0 saturated carbocycles. The van der Waals surface area contributed by atoms with E-state index in [-0.39, 0.29) is 0 Å². The van der Waals surface area contributed by atoms with Crippen LogP contribution in [0.4, 0.5) is 0 Å².